The van der Waals surface area contributed by atoms with E-state index in [2.05, 4.69) is 22.8 Å². The monoisotopic (exact) mass is 345 g/mol. The Morgan fingerprint density at radius 3 is 2.35 bits per heavy atom. The van der Waals surface area contributed by atoms with Gasteiger partial charge in [-0.3, -0.25) is 9.36 Å². The second-order valence-electron chi connectivity index (χ2n) is 4.80. The first-order chi connectivity index (χ1) is 11.1. The second-order valence-corrected chi connectivity index (χ2v) is 5.75. The van der Waals surface area contributed by atoms with E-state index in [-0.39, 0.29) is 5.82 Å². The van der Waals surface area contributed by atoms with Gasteiger partial charge in [0.05, 0.1) is 0 Å². The number of hydrogen-bond acceptors (Lipinski definition) is 4. The highest BCUT2D eigenvalue weighted by Gasteiger charge is 2.25. The minimum atomic E-state index is -1.09. The molecule has 5 nitrogen and oxygen atoms in total. The lowest BCUT2D eigenvalue weighted by Gasteiger charge is -2.12. The number of halogens is 1. The molecule has 23 heavy (non-hydrogen) atoms. The molecule has 1 unspecified atom stereocenters. The van der Waals surface area contributed by atoms with Gasteiger partial charge in [0.2, 0.25) is 0 Å². The lowest BCUT2D eigenvalue weighted by molar-refractivity contribution is -0.136. The SMILES string of the molecule is O=C(O)C(S)c1nnc(-c2ccccc2)n1-c1ccc(Cl)cc1. The van der Waals surface area contributed by atoms with Crippen molar-refractivity contribution in [2.75, 3.05) is 0 Å². The van der Waals surface area contributed by atoms with Crippen molar-refractivity contribution in [3.63, 3.8) is 0 Å². The molecule has 0 spiro atoms. The van der Waals surface area contributed by atoms with E-state index in [1.54, 1.807) is 28.8 Å². The van der Waals surface area contributed by atoms with Crippen molar-refractivity contribution in [1.29, 1.82) is 0 Å². The summed E-state index contributed by atoms with van der Waals surface area (Å²) in [7, 11) is 0. The quantitative estimate of drug-likeness (QED) is 0.708. The molecule has 0 amide bonds. The molecule has 1 atom stereocenters. The number of rotatable bonds is 4. The van der Waals surface area contributed by atoms with Crippen LogP contribution in [0.5, 0.6) is 0 Å². The van der Waals surface area contributed by atoms with Crippen molar-refractivity contribution in [3.8, 4) is 17.1 Å². The summed E-state index contributed by atoms with van der Waals surface area (Å²) in [5.41, 5.74) is 1.54. The van der Waals surface area contributed by atoms with Gasteiger partial charge in [-0.15, -0.1) is 10.2 Å². The topological polar surface area (TPSA) is 68.0 Å². The number of hydrogen-bond donors (Lipinski definition) is 2. The molecule has 3 aromatic rings. The second kappa shape index (κ2) is 6.44. The number of carboxylic acid groups (broad SMARTS) is 1. The lowest BCUT2D eigenvalue weighted by Crippen LogP contribution is -2.12. The van der Waals surface area contributed by atoms with E-state index in [0.29, 0.717) is 16.5 Å². The Balaban J connectivity index is 2.22. The number of aliphatic carboxylic acids is 1. The molecule has 0 radical (unpaired) electrons. The zero-order chi connectivity index (χ0) is 16.4. The van der Waals surface area contributed by atoms with Crippen LogP contribution in [-0.4, -0.2) is 25.8 Å². The highest BCUT2D eigenvalue weighted by molar-refractivity contribution is 7.81. The minimum Gasteiger partial charge on any atom is -0.480 e. The van der Waals surface area contributed by atoms with Crippen molar-refractivity contribution in [2.24, 2.45) is 0 Å². The van der Waals surface area contributed by atoms with Gasteiger partial charge in [-0.1, -0.05) is 41.9 Å². The van der Waals surface area contributed by atoms with E-state index < -0.39 is 11.2 Å². The summed E-state index contributed by atoms with van der Waals surface area (Å²) in [5.74, 6) is -0.305. The number of aromatic nitrogens is 3. The number of nitrogens with zero attached hydrogens (tertiary/aromatic N) is 3. The summed E-state index contributed by atoms with van der Waals surface area (Å²) in [4.78, 5) is 11.3. The van der Waals surface area contributed by atoms with E-state index in [1.807, 2.05) is 30.3 Å². The summed E-state index contributed by atoms with van der Waals surface area (Å²) in [6.07, 6.45) is 0. The maximum Gasteiger partial charge on any atom is 0.324 e. The van der Waals surface area contributed by atoms with Crippen LogP contribution in [0.2, 0.25) is 5.02 Å². The average molecular weight is 346 g/mol. The molecule has 0 aliphatic carbocycles. The fourth-order valence-corrected chi connectivity index (χ4v) is 2.50. The van der Waals surface area contributed by atoms with Crippen LogP contribution < -0.4 is 0 Å². The largest absolute Gasteiger partial charge is 0.480 e. The van der Waals surface area contributed by atoms with Gasteiger partial charge in [0.1, 0.15) is 0 Å². The minimum absolute atomic E-state index is 0.238. The summed E-state index contributed by atoms with van der Waals surface area (Å²) in [6.45, 7) is 0. The molecule has 3 rings (SSSR count). The highest BCUT2D eigenvalue weighted by Crippen LogP contribution is 2.28. The van der Waals surface area contributed by atoms with Gasteiger partial charge in [0.25, 0.3) is 0 Å². The van der Waals surface area contributed by atoms with E-state index in [4.69, 9.17) is 11.6 Å². The fraction of sp³-hybridized carbons (Fsp3) is 0.0625. The summed E-state index contributed by atoms with van der Waals surface area (Å²) >= 11 is 10.1. The van der Waals surface area contributed by atoms with Crippen molar-refractivity contribution in [2.45, 2.75) is 5.25 Å². The first-order valence-electron chi connectivity index (χ1n) is 6.75. The highest BCUT2D eigenvalue weighted by atomic mass is 35.5. The van der Waals surface area contributed by atoms with Crippen LogP contribution in [0.25, 0.3) is 17.1 Å². The molecule has 7 heteroatoms. The lowest BCUT2D eigenvalue weighted by atomic mass is 10.2. The van der Waals surface area contributed by atoms with Gasteiger partial charge in [0.15, 0.2) is 16.9 Å². The molecule has 1 aromatic heterocycles. The Hall–Kier alpha value is -2.31. The Kier molecular flexibility index (Phi) is 4.36. The molecule has 0 saturated carbocycles. The molecular formula is C16H12ClN3O2S. The van der Waals surface area contributed by atoms with Crippen molar-refractivity contribution < 1.29 is 9.90 Å². The molecule has 1 N–H and O–H groups in total. The number of carbonyl (C=O) groups is 1. The third-order valence-corrected chi connectivity index (χ3v) is 3.99. The third-order valence-electron chi connectivity index (χ3n) is 3.28. The van der Waals surface area contributed by atoms with E-state index in [0.717, 1.165) is 5.56 Å². The molecule has 116 valence electrons. The van der Waals surface area contributed by atoms with Crippen LogP contribution in [0.1, 0.15) is 11.1 Å². The molecule has 2 aromatic carbocycles. The summed E-state index contributed by atoms with van der Waals surface area (Å²) in [6, 6.07) is 16.4. The number of benzene rings is 2. The van der Waals surface area contributed by atoms with Crippen LogP contribution in [0, 0.1) is 0 Å². The average Bonchev–Trinajstić information content (AvgIpc) is 3.00. The van der Waals surface area contributed by atoms with Crippen LogP contribution in [0.15, 0.2) is 54.6 Å². The maximum atomic E-state index is 11.3. The third kappa shape index (κ3) is 3.09. The van der Waals surface area contributed by atoms with E-state index in [1.165, 1.54) is 0 Å². The van der Waals surface area contributed by atoms with Gasteiger partial charge in [-0.2, -0.15) is 12.6 Å². The predicted octanol–water partition coefficient (Wildman–Crippen LogP) is 3.64. The Morgan fingerprint density at radius 1 is 1.09 bits per heavy atom. The van der Waals surface area contributed by atoms with Crippen molar-refractivity contribution in [3.05, 3.63) is 65.4 Å². The molecule has 1 heterocycles. The van der Waals surface area contributed by atoms with Gasteiger partial charge < -0.3 is 5.11 Å². The Morgan fingerprint density at radius 2 is 1.74 bits per heavy atom. The maximum absolute atomic E-state index is 11.3. The van der Waals surface area contributed by atoms with E-state index >= 15 is 0 Å². The van der Waals surface area contributed by atoms with Crippen LogP contribution in [0.4, 0.5) is 0 Å². The fourth-order valence-electron chi connectivity index (χ4n) is 2.20. The van der Waals surface area contributed by atoms with Crippen molar-refractivity contribution >= 4 is 30.2 Å². The van der Waals surface area contributed by atoms with Crippen molar-refractivity contribution in [1.82, 2.24) is 14.8 Å². The molecule has 0 aliphatic heterocycles. The van der Waals surface area contributed by atoms with E-state index in [9.17, 15) is 9.90 Å². The number of carboxylic acids is 1. The summed E-state index contributed by atoms with van der Waals surface area (Å²) in [5, 5.41) is 16.9. The molecule has 0 saturated heterocycles. The van der Waals surface area contributed by atoms with Gasteiger partial charge in [0, 0.05) is 16.3 Å². The van der Waals surface area contributed by atoms with Crippen LogP contribution >= 0.6 is 24.2 Å². The smallest absolute Gasteiger partial charge is 0.324 e. The normalized spacial score (nSPS) is 12.1. The standard InChI is InChI=1S/C16H12ClN3O2S/c17-11-6-8-12(9-7-11)20-14(10-4-2-1-3-5-10)18-19-15(20)13(23)16(21)22/h1-9,13,23H,(H,21,22). The van der Waals surface area contributed by atoms with Gasteiger partial charge in [-0.25, -0.2) is 0 Å². The Labute approximate surface area is 143 Å². The molecule has 0 bridgehead atoms. The first-order valence-corrected chi connectivity index (χ1v) is 7.65. The predicted molar refractivity (Wildman–Crippen MR) is 91.2 cm³/mol. The number of thiol groups is 1. The zero-order valence-corrected chi connectivity index (χ0v) is 13.4. The molecular weight excluding hydrogens is 334 g/mol. The zero-order valence-electron chi connectivity index (χ0n) is 11.8. The summed E-state index contributed by atoms with van der Waals surface area (Å²) < 4.78 is 1.68. The van der Waals surface area contributed by atoms with Crippen LogP contribution in [0.3, 0.4) is 0 Å². The van der Waals surface area contributed by atoms with Crippen LogP contribution in [-0.2, 0) is 4.79 Å². The first kappa shape index (κ1) is 15.6. The molecule has 0 fully saturated rings. The van der Waals surface area contributed by atoms with Gasteiger partial charge in [-0.05, 0) is 24.3 Å². The van der Waals surface area contributed by atoms with Gasteiger partial charge >= 0.3 is 5.97 Å². The Bertz CT molecular complexity index is 834. The molecule has 0 aliphatic rings.